The number of fused-ring (bicyclic) bond motifs is 1. The van der Waals surface area contributed by atoms with Gasteiger partial charge in [0.15, 0.2) is 6.29 Å². The first-order valence-electron chi connectivity index (χ1n) is 7.49. The molecule has 0 atom stereocenters. The predicted molar refractivity (Wildman–Crippen MR) is 86.6 cm³/mol. The van der Waals surface area contributed by atoms with E-state index in [1.54, 1.807) is 18.2 Å². The lowest BCUT2D eigenvalue weighted by Crippen LogP contribution is -1.99. The molecule has 23 heavy (non-hydrogen) atoms. The first-order chi connectivity index (χ1) is 11.2. The van der Waals surface area contributed by atoms with E-state index in [4.69, 9.17) is 9.47 Å². The first kappa shape index (κ1) is 15.2. The number of ether oxygens (including phenoxy) is 2. The van der Waals surface area contributed by atoms with Gasteiger partial charge in [0.2, 0.25) is 0 Å². The standard InChI is InChI=1S/C18H17NO4/c1-22-17-7-12(5-6-15(17)10-20)11-23-18-9-14-4-2-3-13(14)8-16(18)19-21/h5-10H,2-4,11H2,1H3. The van der Waals surface area contributed by atoms with E-state index in [2.05, 4.69) is 5.18 Å². The van der Waals surface area contributed by atoms with Crippen molar-refractivity contribution in [2.45, 2.75) is 25.9 Å². The van der Waals surface area contributed by atoms with Crippen LogP contribution >= 0.6 is 0 Å². The molecular weight excluding hydrogens is 294 g/mol. The van der Waals surface area contributed by atoms with Crippen LogP contribution in [0.1, 0.15) is 33.5 Å². The summed E-state index contributed by atoms with van der Waals surface area (Å²) in [6, 6.07) is 8.97. The number of rotatable bonds is 6. The third kappa shape index (κ3) is 3.08. The fourth-order valence-corrected chi connectivity index (χ4v) is 2.88. The number of carbonyl (C=O) groups is 1. The van der Waals surface area contributed by atoms with E-state index in [0.717, 1.165) is 31.1 Å². The van der Waals surface area contributed by atoms with Crippen molar-refractivity contribution in [1.82, 2.24) is 0 Å². The Hall–Kier alpha value is -2.69. The highest BCUT2D eigenvalue weighted by Crippen LogP contribution is 2.35. The topological polar surface area (TPSA) is 65.0 Å². The van der Waals surface area contributed by atoms with Crippen LogP contribution in [0.2, 0.25) is 0 Å². The minimum absolute atomic E-state index is 0.275. The van der Waals surface area contributed by atoms with E-state index in [1.165, 1.54) is 18.2 Å². The molecule has 0 saturated carbocycles. The summed E-state index contributed by atoms with van der Waals surface area (Å²) in [6.07, 6.45) is 3.84. The van der Waals surface area contributed by atoms with E-state index < -0.39 is 0 Å². The van der Waals surface area contributed by atoms with E-state index >= 15 is 0 Å². The molecule has 0 spiro atoms. The van der Waals surface area contributed by atoms with Crippen molar-refractivity contribution in [3.8, 4) is 11.5 Å². The van der Waals surface area contributed by atoms with Crippen LogP contribution in [0.15, 0.2) is 35.5 Å². The molecule has 1 aliphatic rings. The minimum Gasteiger partial charge on any atom is -0.496 e. The highest BCUT2D eigenvalue weighted by molar-refractivity contribution is 5.79. The molecule has 0 fully saturated rings. The quantitative estimate of drug-likeness (QED) is 0.598. The van der Waals surface area contributed by atoms with E-state index in [9.17, 15) is 9.70 Å². The van der Waals surface area contributed by atoms with Gasteiger partial charge < -0.3 is 9.47 Å². The molecule has 3 rings (SSSR count). The second-order valence-electron chi connectivity index (χ2n) is 5.52. The van der Waals surface area contributed by atoms with Crippen molar-refractivity contribution in [2.75, 3.05) is 7.11 Å². The Bertz CT molecular complexity index is 755. The van der Waals surface area contributed by atoms with E-state index in [0.29, 0.717) is 22.7 Å². The third-order valence-corrected chi connectivity index (χ3v) is 4.09. The summed E-state index contributed by atoms with van der Waals surface area (Å²) in [7, 11) is 1.52. The Morgan fingerprint density at radius 1 is 1.13 bits per heavy atom. The zero-order valence-corrected chi connectivity index (χ0v) is 12.9. The molecular formula is C18H17NO4. The summed E-state index contributed by atoms with van der Waals surface area (Å²) >= 11 is 0. The number of carbonyl (C=O) groups excluding carboxylic acids is 1. The van der Waals surface area contributed by atoms with Crippen LogP contribution in [0.4, 0.5) is 5.69 Å². The van der Waals surface area contributed by atoms with Crippen LogP contribution in [0.5, 0.6) is 11.5 Å². The largest absolute Gasteiger partial charge is 0.496 e. The smallest absolute Gasteiger partial charge is 0.153 e. The summed E-state index contributed by atoms with van der Waals surface area (Å²) < 4.78 is 11.0. The summed E-state index contributed by atoms with van der Waals surface area (Å²) in [5, 5.41) is 3.08. The summed E-state index contributed by atoms with van der Waals surface area (Å²) in [5.41, 5.74) is 4.08. The number of methoxy groups -OCH3 is 1. The molecule has 0 aliphatic heterocycles. The molecule has 0 N–H and O–H groups in total. The van der Waals surface area contributed by atoms with Gasteiger partial charge in [0, 0.05) is 0 Å². The van der Waals surface area contributed by atoms with Crippen molar-refractivity contribution < 1.29 is 14.3 Å². The lowest BCUT2D eigenvalue weighted by molar-refractivity contribution is 0.112. The maximum absolute atomic E-state index is 11.0. The average Bonchev–Trinajstić information content (AvgIpc) is 3.05. The number of nitrogens with zero attached hydrogens (tertiary/aromatic N) is 1. The minimum atomic E-state index is 0.275. The lowest BCUT2D eigenvalue weighted by atomic mass is 10.1. The second-order valence-corrected chi connectivity index (χ2v) is 5.52. The molecule has 0 bridgehead atoms. The molecule has 0 radical (unpaired) electrons. The van der Waals surface area contributed by atoms with Crippen molar-refractivity contribution in [3.05, 3.63) is 57.5 Å². The summed E-state index contributed by atoms with van der Waals surface area (Å²) in [4.78, 5) is 21.9. The van der Waals surface area contributed by atoms with Gasteiger partial charge in [0.1, 0.15) is 23.8 Å². The van der Waals surface area contributed by atoms with Crippen LogP contribution in [0.3, 0.4) is 0 Å². The highest BCUT2D eigenvalue weighted by Gasteiger charge is 2.16. The van der Waals surface area contributed by atoms with Gasteiger partial charge in [0.05, 0.1) is 12.7 Å². The van der Waals surface area contributed by atoms with Crippen molar-refractivity contribution in [3.63, 3.8) is 0 Å². The fraction of sp³-hybridized carbons (Fsp3) is 0.278. The third-order valence-electron chi connectivity index (χ3n) is 4.09. The molecule has 5 nitrogen and oxygen atoms in total. The van der Waals surface area contributed by atoms with Crippen LogP contribution < -0.4 is 9.47 Å². The normalized spacial score (nSPS) is 12.6. The van der Waals surface area contributed by atoms with Gasteiger partial charge in [-0.2, -0.15) is 0 Å². The van der Waals surface area contributed by atoms with Gasteiger partial charge in [-0.05, 0) is 65.4 Å². The lowest BCUT2D eigenvalue weighted by Gasteiger charge is -2.11. The molecule has 5 heteroatoms. The van der Waals surface area contributed by atoms with E-state index in [1.807, 2.05) is 12.1 Å². The molecule has 2 aromatic carbocycles. The Labute approximate surface area is 134 Å². The zero-order valence-electron chi connectivity index (χ0n) is 12.9. The van der Waals surface area contributed by atoms with Crippen LogP contribution in [0.25, 0.3) is 0 Å². The SMILES string of the molecule is COc1cc(COc2cc3c(cc2N=O)CCC3)ccc1C=O. The van der Waals surface area contributed by atoms with Crippen LogP contribution in [0, 0.1) is 4.91 Å². The van der Waals surface area contributed by atoms with Crippen LogP contribution in [-0.2, 0) is 19.4 Å². The molecule has 0 amide bonds. The molecule has 0 saturated heterocycles. The van der Waals surface area contributed by atoms with E-state index in [-0.39, 0.29) is 6.61 Å². The number of hydrogen-bond acceptors (Lipinski definition) is 5. The van der Waals surface area contributed by atoms with Gasteiger partial charge in [0.25, 0.3) is 0 Å². The fourth-order valence-electron chi connectivity index (χ4n) is 2.88. The number of aryl methyl sites for hydroxylation is 2. The highest BCUT2D eigenvalue weighted by atomic mass is 16.5. The predicted octanol–water partition coefficient (Wildman–Crippen LogP) is 3.97. The van der Waals surface area contributed by atoms with Crippen molar-refractivity contribution in [2.24, 2.45) is 5.18 Å². The molecule has 0 heterocycles. The first-order valence-corrected chi connectivity index (χ1v) is 7.49. The Morgan fingerprint density at radius 3 is 2.61 bits per heavy atom. The van der Waals surface area contributed by atoms with Gasteiger partial charge in [-0.3, -0.25) is 4.79 Å². The Morgan fingerprint density at radius 2 is 1.91 bits per heavy atom. The molecule has 2 aromatic rings. The molecule has 1 aliphatic carbocycles. The number of nitroso groups, excluding NO2 is 1. The summed E-state index contributed by atoms with van der Waals surface area (Å²) in [6.45, 7) is 0.275. The second kappa shape index (κ2) is 6.60. The van der Waals surface area contributed by atoms with Gasteiger partial charge in [-0.1, -0.05) is 6.07 Å². The number of aldehydes is 1. The maximum atomic E-state index is 11.0. The number of hydrogen-bond donors (Lipinski definition) is 0. The molecule has 118 valence electrons. The Kier molecular flexibility index (Phi) is 4.37. The molecule has 0 aromatic heterocycles. The van der Waals surface area contributed by atoms with Gasteiger partial charge in [-0.15, -0.1) is 4.91 Å². The van der Waals surface area contributed by atoms with Gasteiger partial charge in [-0.25, -0.2) is 0 Å². The van der Waals surface area contributed by atoms with Crippen molar-refractivity contribution >= 4 is 12.0 Å². The Balaban J connectivity index is 1.81. The van der Waals surface area contributed by atoms with Gasteiger partial charge >= 0.3 is 0 Å². The van der Waals surface area contributed by atoms with Crippen molar-refractivity contribution in [1.29, 1.82) is 0 Å². The number of benzene rings is 2. The zero-order chi connectivity index (χ0) is 16.2. The maximum Gasteiger partial charge on any atom is 0.153 e. The van der Waals surface area contributed by atoms with Crippen LogP contribution in [-0.4, -0.2) is 13.4 Å². The molecule has 0 unspecified atom stereocenters. The monoisotopic (exact) mass is 311 g/mol. The average molecular weight is 311 g/mol. The summed E-state index contributed by atoms with van der Waals surface area (Å²) in [5.74, 6) is 1.00.